The molecular weight excluding hydrogens is 198 g/mol. The summed E-state index contributed by atoms with van der Waals surface area (Å²) in [7, 11) is 0. The van der Waals surface area contributed by atoms with Crippen LogP contribution in [-0.4, -0.2) is 23.8 Å². The molecule has 0 aliphatic heterocycles. The van der Waals surface area contributed by atoms with Crippen molar-refractivity contribution in [2.45, 2.75) is 45.7 Å². The molecule has 90 valence electrons. The standard InChI is InChI=1S/C14H23NO/c1-4-14(10-16)15-12(3)9-13-8-6-5-7-11(13)2/h5-8,12,14-16H,4,9-10H2,1-3H3. The van der Waals surface area contributed by atoms with E-state index in [4.69, 9.17) is 5.11 Å². The molecule has 0 aromatic heterocycles. The van der Waals surface area contributed by atoms with Crippen molar-refractivity contribution < 1.29 is 5.11 Å². The van der Waals surface area contributed by atoms with Crippen LogP contribution >= 0.6 is 0 Å². The van der Waals surface area contributed by atoms with Gasteiger partial charge in [-0.05, 0) is 37.8 Å². The molecule has 0 saturated heterocycles. The SMILES string of the molecule is CCC(CO)NC(C)Cc1ccccc1C. The van der Waals surface area contributed by atoms with Crippen molar-refractivity contribution in [1.82, 2.24) is 5.32 Å². The molecule has 1 rings (SSSR count). The minimum absolute atomic E-state index is 0.217. The van der Waals surface area contributed by atoms with Crippen molar-refractivity contribution in [3.63, 3.8) is 0 Å². The Labute approximate surface area is 98.7 Å². The maximum atomic E-state index is 9.13. The number of aliphatic hydroxyl groups excluding tert-OH is 1. The van der Waals surface area contributed by atoms with E-state index in [0.717, 1.165) is 12.8 Å². The molecule has 2 atom stereocenters. The molecule has 0 saturated carbocycles. The van der Waals surface area contributed by atoms with Crippen LogP contribution in [0.1, 0.15) is 31.4 Å². The van der Waals surface area contributed by atoms with Crippen LogP contribution in [0.3, 0.4) is 0 Å². The van der Waals surface area contributed by atoms with E-state index in [0.29, 0.717) is 6.04 Å². The minimum Gasteiger partial charge on any atom is -0.395 e. The maximum Gasteiger partial charge on any atom is 0.0584 e. The fourth-order valence-electron chi connectivity index (χ4n) is 1.93. The van der Waals surface area contributed by atoms with E-state index in [1.165, 1.54) is 11.1 Å². The lowest BCUT2D eigenvalue weighted by molar-refractivity contribution is 0.229. The van der Waals surface area contributed by atoms with Gasteiger partial charge in [-0.15, -0.1) is 0 Å². The molecule has 0 radical (unpaired) electrons. The fraction of sp³-hybridized carbons (Fsp3) is 0.571. The van der Waals surface area contributed by atoms with Gasteiger partial charge in [0, 0.05) is 12.1 Å². The van der Waals surface area contributed by atoms with Crippen LogP contribution in [0, 0.1) is 6.92 Å². The van der Waals surface area contributed by atoms with Gasteiger partial charge in [-0.3, -0.25) is 0 Å². The van der Waals surface area contributed by atoms with Crippen molar-refractivity contribution in [2.75, 3.05) is 6.61 Å². The van der Waals surface area contributed by atoms with Gasteiger partial charge in [0.15, 0.2) is 0 Å². The average Bonchev–Trinajstić information content (AvgIpc) is 2.29. The molecule has 0 aliphatic carbocycles. The van der Waals surface area contributed by atoms with E-state index in [9.17, 15) is 0 Å². The summed E-state index contributed by atoms with van der Waals surface area (Å²) in [5, 5.41) is 12.6. The average molecular weight is 221 g/mol. The van der Waals surface area contributed by atoms with Crippen molar-refractivity contribution in [3.8, 4) is 0 Å². The van der Waals surface area contributed by atoms with Gasteiger partial charge < -0.3 is 10.4 Å². The van der Waals surface area contributed by atoms with Crippen molar-refractivity contribution in [2.24, 2.45) is 0 Å². The van der Waals surface area contributed by atoms with Crippen molar-refractivity contribution >= 4 is 0 Å². The highest BCUT2D eigenvalue weighted by Gasteiger charge is 2.10. The molecule has 0 aliphatic rings. The monoisotopic (exact) mass is 221 g/mol. The summed E-state index contributed by atoms with van der Waals surface area (Å²) < 4.78 is 0. The molecule has 1 aromatic carbocycles. The largest absolute Gasteiger partial charge is 0.395 e. The van der Waals surface area contributed by atoms with Crippen molar-refractivity contribution in [1.29, 1.82) is 0 Å². The number of nitrogens with one attached hydrogen (secondary N) is 1. The lowest BCUT2D eigenvalue weighted by Crippen LogP contribution is -2.39. The molecule has 16 heavy (non-hydrogen) atoms. The smallest absolute Gasteiger partial charge is 0.0584 e. The normalized spacial score (nSPS) is 14.8. The van der Waals surface area contributed by atoms with E-state index in [1.807, 2.05) is 0 Å². The van der Waals surface area contributed by atoms with Crippen LogP contribution in [0.4, 0.5) is 0 Å². The molecule has 0 amide bonds. The summed E-state index contributed by atoms with van der Waals surface area (Å²) in [5.74, 6) is 0. The van der Waals surface area contributed by atoms with E-state index in [1.54, 1.807) is 0 Å². The molecule has 2 unspecified atom stereocenters. The topological polar surface area (TPSA) is 32.3 Å². The molecule has 0 heterocycles. The van der Waals surface area contributed by atoms with Gasteiger partial charge in [0.2, 0.25) is 0 Å². The van der Waals surface area contributed by atoms with Crippen LogP contribution in [0.15, 0.2) is 24.3 Å². The summed E-state index contributed by atoms with van der Waals surface area (Å²) in [6.45, 7) is 6.62. The minimum atomic E-state index is 0.217. The number of benzene rings is 1. The molecule has 0 bridgehead atoms. The Hall–Kier alpha value is -0.860. The number of aryl methyl sites for hydroxylation is 1. The Balaban J connectivity index is 2.51. The van der Waals surface area contributed by atoms with Crippen LogP contribution in [0.25, 0.3) is 0 Å². The lowest BCUT2D eigenvalue weighted by atomic mass is 10.0. The van der Waals surface area contributed by atoms with Gasteiger partial charge in [0.05, 0.1) is 6.61 Å². The molecular formula is C14H23NO. The first-order chi connectivity index (χ1) is 7.67. The zero-order valence-electron chi connectivity index (χ0n) is 10.5. The second-order valence-electron chi connectivity index (χ2n) is 4.49. The Morgan fingerprint density at radius 1 is 1.31 bits per heavy atom. The number of hydrogen-bond donors (Lipinski definition) is 2. The summed E-state index contributed by atoms with van der Waals surface area (Å²) in [5.41, 5.74) is 2.73. The summed E-state index contributed by atoms with van der Waals surface area (Å²) in [6.07, 6.45) is 1.98. The van der Waals surface area contributed by atoms with Crippen LogP contribution in [0.2, 0.25) is 0 Å². The van der Waals surface area contributed by atoms with Crippen molar-refractivity contribution in [3.05, 3.63) is 35.4 Å². The van der Waals surface area contributed by atoms with Crippen LogP contribution < -0.4 is 5.32 Å². The van der Waals surface area contributed by atoms with E-state index < -0.39 is 0 Å². The Bertz CT molecular complexity index is 307. The number of rotatable bonds is 6. The molecule has 0 spiro atoms. The first kappa shape index (κ1) is 13.2. The number of hydrogen-bond acceptors (Lipinski definition) is 2. The highest BCUT2D eigenvalue weighted by atomic mass is 16.3. The van der Waals surface area contributed by atoms with Crippen LogP contribution in [0.5, 0.6) is 0 Å². The fourth-order valence-corrected chi connectivity index (χ4v) is 1.93. The quantitative estimate of drug-likeness (QED) is 0.772. The molecule has 2 heteroatoms. The lowest BCUT2D eigenvalue weighted by Gasteiger charge is -2.21. The molecule has 2 N–H and O–H groups in total. The van der Waals surface area contributed by atoms with E-state index in [-0.39, 0.29) is 12.6 Å². The highest BCUT2D eigenvalue weighted by molar-refractivity contribution is 5.26. The first-order valence-corrected chi connectivity index (χ1v) is 6.08. The Morgan fingerprint density at radius 3 is 2.56 bits per heavy atom. The molecule has 2 nitrogen and oxygen atoms in total. The Kier molecular flexibility index (Phi) is 5.50. The second kappa shape index (κ2) is 6.66. The third-order valence-corrected chi connectivity index (χ3v) is 3.02. The zero-order valence-corrected chi connectivity index (χ0v) is 10.5. The molecule has 1 aromatic rings. The van der Waals surface area contributed by atoms with Gasteiger partial charge in [0.25, 0.3) is 0 Å². The third-order valence-electron chi connectivity index (χ3n) is 3.02. The number of aliphatic hydroxyl groups is 1. The summed E-state index contributed by atoms with van der Waals surface area (Å²) in [6, 6.07) is 9.09. The zero-order chi connectivity index (χ0) is 12.0. The summed E-state index contributed by atoms with van der Waals surface area (Å²) >= 11 is 0. The van der Waals surface area contributed by atoms with Gasteiger partial charge in [0.1, 0.15) is 0 Å². The predicted molar refractivity (Wildman–Crippen MR) is 68.6 cm³/mol. The van der Waals surface area contributed by atoms with E-state index in [2.05, 4.69) is 50.4 Å². The van der Waals surface area contributed by atoms with Gasteiger partial charge in [-0.1, -0.05) is 31.2 Å². The van der Waals surface area contributed by atoms with Crippen LogP contribution in [-0.2, 0) is 6.42 Å². The predicted octanol–water partition coefficient (Wildman–Crippen LogP) is 2.29. The Morgan fingerprint density at radius 2 is 2.00 bits per heavy atom. The summed E-state index contributed by atoms with van der Waals surface area (Å²) in [4.78, 5) is 0. The first-order valence-electron chi connectivity index (χ1n) is 6.08. The van der Waals surface area contributed by atoms with Gasteiger partial charge in [-0.2, -0.15) is 0 Å². The highest BCUT2D eigenvalue weighted by Crippen LogP contribution is 2.10. The van der Waals surface area contributed by atoms with E-state index >= 15 is 0 Å². The molecule has 0 fully saturated rings. The van der Waals surface area contributed by atoms with Gasteiger partial charge >= 0.3 is 0 Å². The third kappa shape index (κ3) is 3.95. The maximum absolute atomic E-state index is 9.13. The second-order valence-corrected chi connectivity index (χ2v) is 4.49. The van der Waals surface area contributed by atoms with Gasteiger partial charge in [-0.25, -0.2) is 0 Å².